The zero-order valence-electron chi connectivity index (χ0n) is 18.3. The standard InChI is InChI=1S/C22H32N2O3Si/c1-15-13-19(23-21(26)27)18-14-17(11-12-28(6,7)8)9-10-20(18)24(15,16(2)25)22(3,4)5/h9-10,14-15,19,23H,13H2,1-8H3/p+1/t15-,19+,24?/m0/s1. The summed E-state index contributed by atoms with van der Waals surface area (Å²) >= 11 is 0. The van der Waals surface area contributed by atoms with Gasteiger partial charge in [-0.3, -0.25) is 0 Å². The van der Waals surface area contributed by atoms with Gasteiger partial charge in [-0.1, -0.05) is 25.6 Å². The molecule has 0 bridgehead atoms. The minimum Gasteiger partial charge on any atom is -0.465 e. The summed E-state index contributed by atoms with van der Waals surface area (Å²) in [6, 6.07) is 5.49. The van der Waals surface area contributed by atoms with Gasteiger partial charge in [0.25, 0.3) is 0 Å². The second-order valence-electron chi connectivity index (χ2n) is 9.77. The summed E-state index contributed by atoms with van der Waals surface area (Å²) in [5, 5.41) is 12.0. The second kappa shape index (κ2) is 7.38. The Balaban J connectivity index is 2.77. The second-order valence-corrected chi connectivity index (χ2v) is 14.5. The van der Waals surface area contributed by atoms with Gasteiger partial charge >= 0.3 is 12.0 Å². The van der Waals surface area contributed by atoms with Crippen LogP contribution in [-0.4, -0.2) is 36.8 Å². The van der Waals surface area contributed by atoms with Gasteiger partial charge in [0, 0.05) is 23.6 Å². The average Bonchev–Trinajstić information content (AvgIpc) is 2.50. The van der Waals surface area contributed by atoms with Crippen molar-refractivity contribution in [3.8, 4) is 11.5 Å². The molecule has 28 heavy (non-hydrogen) atoms. The first kappa shape index (κ1) is 22.2. The van der Waals surface area contributed by atoms with Crippen LogP contribution < -0.4 is 9.80 Å². The lowest BCUT2D eigenvalue weighted by Crippen LogP contribution is -2.71. The summed E-state index contributed by atoms with van der Waals surface area (Å²) in [6.45, 7) is 16.4. The van der Waals surface area contributed by atoms with E-state index in [1.165, 1.54) is 0 Å². The molecular weight excluding hydrogens is 368 g/mol. The first-order valence-electron chi connectivity index (χ1n) is 9.77. The molecule has 0 aliphatic carbocycles. The number of benzene rings is 1. The molecule has 2 rings (SSSR count). The number of hydrogen-bond donors (Lipinski definition) is 2. The van der Waals surface area contributed by atoms with Crippen LogP contribution in [-0.2, 0) is 4.79 Å². The fourth-order valence-corrected chi connectivity index (χ4v) is 5.14. The number of carbonyl (C=O) groups is 2. The fourth-order valence-electron chi connectivity index (χ4n) is 4.62. The number of carbonyl (C=O) groups excluding carboxylic acids is 1. The van der Waals surface area contributed by atoms with E-state index in [0.29, 0.717) is 6.42 Å². The van der Waals surface area contributed by atoms with Crippen molar-refractivity contribution in [1.82, 2.24) is 9.80 Å². The van der Waals surface area contributed by atoms with Crippen LogP contribution in [0.5, 0.6) is 0 Å². The molecule has 1 aliphatic heterocycles. The fraction of sp³-hybridized carbons (Fsp3) is 0.545. The van der Waals surface area contributed by atoms with E-state index in [0.717, 1.165) is 16.8 Å². The summed E-state index contributed by atoms with van der Waals surface area (Å²) in [5.41, 5.74) is 5.59. The summed E-state index contributed by atoms with van der Waals surface area (Å²) in [6.07, 6.45) is -0.499. The quantitative estimate of drug-likeness (QED) is 0.408. The normalized spacial score (nSPS) is 24.6. The lowest BCUT2D eigenvalue weighted by molar-refractivity contribution is -0.136. The summed E-state index contributed by atoms with van der Waals surface area (Å²) in [4.78, 5) is 24.4. The highest BCUT2D eigenvalue weighted by molar-refractivity contribution is 6.83. The molecule has 0 saturated heterocycles. The van der Waals surface area contributed by atoms with Crippen molar-refractivity contribution < 1.29 is 14.7 Å². The van der Waals surface area contributed by atoms with E-state index in [-0.39, 0.29) is 28.0 Å². The molecule has 1 aliphatic rings. The number of carboxylic acid groups (broad SMARTS) is 1. The molecule has 1 aromatic rings. The van der Waals surface area contributed by atoms with Crippen LogP contribution in [0.4, 0.5) is 10.5 Å². The topological polar surface area (TPSA) is 66.4 Å². The molecule has 2 N–H and O–H groups in total. The summed E-state index contributed by atoms with van der Waals surface area (Å²) in [7, 11) is -1.53. The van der Waals surface area contributed by atoms with Gasteiger partial charge in [-0.2, -0.15) is 0 Å². The molecule has 0 spiro atoms. The molecule has 152 valence electrons. The maximum absolute atomic E-state index is 13.0. The molecule has 3 atom stereocenters. The van der Waals surface area contributed by atoms with Gasteiger partial charge < -0.3 is 10.4 Å². The third kappa shape index (κ3) is 4.01. The van der Waals surface area contributed by atoms with Crippen molar-refractivity contribution in [3.63, 3.8) is 0 Å². The molecule has 2 amide bonds. The largest absolute Gasteiger partial charge is 0.465 e. The molecule has 0 saturated carbocycles. The van der Waals surface area contributed by atoms with E-state index in [1.807, 2.05) is 25.1 Å². The Labute approximate surface area is 169 Å². The Morgan fingerprint density at radius 1 is 1.25 bits per heavy atom. The molecule has 5 nitrogen and oxygen atoms in total. The van der Waals surface area contributed by atoms with Crippen LogP contribution in [0.25, 0.3) is 0 Å². The van der Waals surface area contributed by atoms with Crippen molar-refractivity contribution in [2.45, 2.75) is 78.3 Å². The average molecular weight is 402 g/mol. The predicted octanol–water partition coefficient (Wildman–Crippen LogP) is 4.67. The minimum absolute atomic E-state index is 0.0548. The van der Waals surface area contributed by atoms with Crippen LogP contribution in [0.3, 0.4) is 0 Å². The Kier molecular flexibility index (Phi) is 5.85. The van der Waals surface area contributed by atoms with E-state index < -0.39 is 14.2 Å². The molecule has 0 fully saturated rings. The van der Waals surface area contributed by atoms with Gasteiger partial charge in [0.1, 0.15) is 25.3 Å². The predicted molar refractivity (Wildman–Crippen MR) is 117 cm³/mol. The number of rotatable bonds is 1. The summed E-state index contributed by atoms with van der Waals surface area (Å²) < 4.78 is 0.196. The lowest BCUT2D eigenvalue weighted by atomic mass is 9.83. The zero-order valence-corrected chi connectivity index (χ0v) is 19.3. The smallest absolute Gasteiger partial charge is 0.405 e. The maximum atomic E-state index is 13.0. The zero-order chi connectivity index (χ0) is 21.5. The molecule has 0 aromatic heterocycles. The monoisotopic (exact) mass is 401 g/mol. The van der Waals surface area contributed by atoms with Crippen LogP contribution in [0.2, 0.25) is 19.6 Å². The summed E-state index contributed by atoms with van der Waals surface area (Å²) in [5.74, 6) is 3.33. The van der Waals surface area contributed by atoms with Gasteiger partial charge in [0.05, 0.1) is 13.0 Å². The van der Waals surface area contributed by atoms with Crippen molar-refractivity contribution in [3.05, 3.63) is 29.3 Å². The van der Waals surface area contributed by atoms with Crippen LogP contribution in [0, 0.1) is 11.5 Å². The first-order chi connectivity index (χ1) is 12.7. The van der Waals surface area contributed by atoms with Gasteiger partial charge in [-0.15, -0.1) is 5.54 Å². The van der Waals surface area contributed by atoms with Gasteiger partial charge in [-0.25, -0.2) is 14.1 Å². The van der Waals surface area contributed by atoms with E-state index in [4.69, 9.17) is 0 Å². The number of amides is 2. The number of quaternary nitrogens is 1. The Hall–Kier alpha value is -2.10. The number of nitrogens with one attached hydrogen (secondary N) is 1. The van der Waals surface area contributed by atoms with E-state index in [1.54, 1.807) is 6.92 Å². The van der Waals surface area contributed by atoms with Crippen molar-refractivity contribution in [2.75, 3.05) is 0 Å². The third-order valence-electron chi connectivity index (χ3n) is 5.46. The van der Waals surface area contributed by atoms with E-state index in [9.17, 15) is 14.7 Å². The van der Waals surface area contributed by atoms with E-state index >= 15 is 0 Å². The SMILES string of the molecule is CC(=O)[N+]1(C(C)(C)C)c2ccc(C#C[Si](C)(C)C)cc2[C@H](NC(=O)O)C[C@@H]1C. The Morgan fingerprint density at radius 3 is 2.32 bits per heavy atom. The number of fused-ring (bicyclic) bond motifs is 1. The first-order valence-corrected chi connectivity index (χ1v) is 13.3. The third-order valence-corrected chi connectivity index (χ3v) is 6.33. The molecule has 1 heterocycles. The maximum Gasteiger partial charge on any atom is 0.405 e. The lowest BCUT2D eigenvalue weighted by Gasteiger charge is -2.53. The molecular formula is C22H33N2O3Si+. The Morgan fingerprint density at radius 2 is 1.86 bits per heavy atom. The van der Waals surface area contributed by atoms with Crippen LogP contribution >= 0.6 is 0 Å². The van der Waals surface area contributed by atoms with Crippen LogP contribution in [0.15, 0.2) is 18.2 Å². The van der Waals surface area contributed by atoms with Gasteiger partial charge in [0.15, 0.2) is 0 Å². The number of hydrogen-bond acceptors (Lipinski definition) is 2. The highest BCUT2D eigenvalue weighted by Gasteiger charge is 2.55. The van der Waals surface area contributed by atoms with Gasteiger partial charge in [-0.05, 0) is 39.8 Å². The minimum atomic E-state index is -1.53. The molecule has 0 radical (unpaired) electrons. The molecule has 6 heteroatoms. The van der Waals surface area contributed by atoms with Crippen LogP contribution in [0.1, 0.15) is 58.2 Å². The van der Waals surface area contributed by atoms with Crippen molar-refractivity contribution in [1.29, 1.82) is 0 Å². The highest BCUT2D eigenvalue weighted by Crippen LogP contribution is 2.47. The highest BCUT2D eigenvalue weighted by atomic mass is 28.3. The molecule has 1 aromatic carbocycles. The van der Waals surface area contributed by atoms with Gasteiger partial charge in [0.2, 0.25) is 0 Å². The Bertz CT molecular complexity index is 855. The number of nitrogens with zero attached hydrogens (tertiary/aromatic N) is 1. The van der Waals surface area contributed by atoms with Crippen molar-refractivity contribution in [2.24, 2.45) is 0 Å². The van der Waals surface area contributed by atoms with E-state index in [2.05, 4.69) is 57.2 Å². The van der Waals surface area contributed by atoms with Crippen molar-refractivity contribution >= 4 is 25.8 Å². The molecule has 1 unspecified atom stereocenters.